The molecule has 1 fully saturated rings. The second-order valence-corrected chi connectivity index (χ2v) is 7.55. The lowest BCUT2D eigenvalue weighted by Crippen LogP contribution is -2.38. The number of ketones is 1. The number of fused-ring (bicyclic) bond motifs is 1. The van der Waals surface area contributed by atoms with Gasteiger partial charge >= 0.3 is 0 Å². The third-order valence-electron chi connectivity index (χ3n) is 5.80. The Kier molecular flexibility index (Phi) is 7.91. The fraction of sp³-hybridized carbons (Fsp3) is 0.320. The van der Waals surface area contributed by atoms with Crippen LogP contribution in [0.2, 0.25) is 0 Å². The Balaban J connectivity index is 0.00000272. The van der Waals surface area contributed by atoms with Gasteiger partial charge in [0.15, 0.2) is 5.78 Å². The average Bonchev–Trinajstić information content (AvgIpc) is 3.07. The molecule has 0 N–H and O–H groups in total. The summed E-state index contributed by atoms with van der Waals surface area (Å²) in [5.41, 5.74) is 4.15. The van der Waals surface area contributed by atoms with Gasteiger partial charge in [0, 0.05) is 53.9 Å². The topological polar surface area (TPSA) is 43.7 Å². The highest BCUT2D eigenvalue weighted by atomic mass is 35.5. The molecular formula is C25H29ClN2O3. The van der Waals surface area contributed by atoms with Gasteiger partial charge in [-0.25, -0.2) is 0 Å². The normalized spacial score (nSPS) is 14.6. The van der Waals surface area contributed by atoms with Gasteiger partial charge in [-0.1, -0.05) is 18.2 Å². The molecule has 0 spiro atoms. The van der Waals surface area contributed by atoms with Crippen LogP contribution in [0, 0.1) is 6.92 Å². The fourth-order valence-corrected chi connectivity index (χ4v) is 4.03. The molecule has 0 bridgehead atoms. The number of carbonyl (C=O) groups excluding carboxylic acids is 1. The van der Waals surface area contributed by atoms with Crippen molar-refractivity contribution in [2.24, 2.45) is 0 Å². The zero-order chi connectivity index (χ0) is 20.9. The first kappa shape index (κ1) is 23.1. The molecule has 4 rings (SSSR count). The molecule has 3 aromatic rings. The Hall–Kier alpha value is -2.60. The van der Waals surface area contributed by atoms with E-state index in [-0.39, 0.29) is 18.2 Å². The van der Waals surface area contributed by atoms with Crippen LogP contribution in [0.25, 0.3) is 17.0 Å². The third kappa shape index (κ3) is 5.18. The molecule has 2 heterocycles. The van der Waals surface area contributed by atoms with Crippen molar-refractivity contribution in [3.8, 4) is 5.75 Å². The van der Waals surface area contributed by atoms with Crippen molar-refractivity contribution in [2.75, 3.05) is 40.0 Å². The fourth-order valence-electron chi connectivity index (χ4n) is 4.03. The number of halogens is 1. The maximum atomic E-state index is 12.7. The summed E-state index contributed by atoms with van der Waals surface area (Å²) in [5, 5.41) is 1.18. The van der Waals surface area contributed by atoms with Crippen molar-refractivity contribution in [3.63, 3.8) is 0 Å². The van der Waals surface area contributed by atoms with Crippen LogP contribution in [0.1, 0.15) is 21.6 Å². The number of allylic oxidation sites excluding steroid dienone is 1. The summed E-state index contributed by atoms with van der Waals surface area (Å²) in [6.07, 6.45) is 3.62. The number of methoxy groups -OCH3 is 1. The monoisotopic (exact) mass is 440 g/mol. The van der Waals surface area contributed by atoms with E-state index in [4.69, 9.17) is 9.47 Å². The summed E-state index contributed by atoms with van der Waals surface area (Å²) in [6.45, 7) is 7.66. The van der Waals surface area contributed by atoms with Gasteiger partial charge in [0.1, 0.15) is 5.75 Å². The van der Waals surface area contributed by atoms with Gasteiger partial charge in [0.2, 0.25) is 0 Å². The lowest BCUT2D eigenvalue weighted by molar-refractivity contribution is 0.0365. The molecule has 31 heavy (non-hydrogen) atoms. The number of hydrogen-bond donors (Lipinski definition) is 0. The molecule has 5 nitrogen and oxygen atoms in total. The van der Waals surface area contributed by atoms with E-state index >= 15 is 0 Å². The highest BCUT2D eigenvalue weighted by Gasteiger charge is 2.15. The third-order valence-corrected chi connectivity index (χ3v) is 5.80. The van der Waals surface area contributed by atoms with Gasteiger partial charge in [-0.3, -0.25) is 9.69 Å². The summed E-state index contributed by atoms with van der Waals surface area (Å²) in [4.78, 5) is 15.1. The number of hydrogen-bond acceptors (Lipinski definition) is 4. The van der Waals surface area contributed by atoms with Gasteiger partial charge in [0.05, 0.1) is 20.3 Å². The lowest BCUT2D eigenvalue weighted by atomic mass is 10.1. The predicted octanol–water partition coefficient (Wildman–Crippen LogP) is 4.61. The molecular weight excluding hydrogens is 412 g/mol. The van der Waals surface area contributed by atoms with Crippen molar-refractivity contribution < 1.29 is 14.3 Å². The number of morpholine rings is 1. The first-order valence-electron chi connectivity index (χ1n) is 10.4. The molecule has 164 valence electrons. The van der Waals surface area contributed by atoms with Crippen molar-refractivity contribution in [1.82, 2.24) is 9.47 Å². The second-order valence-electron chi connectivity index (χ2n) is 7.55. The van der Waals surface area contributed by atoms with E-state index in [1.807, 2.05) is 18.2 Å². The summed E-state index contributed by atoms with van der Waals surface area (Å²) < 4.78 is 13.0. The molecule has 6 heteroatoms. The standard InChI is InChI=1S/C25H28N2O3.ClH/c1-19-22(11-12-25(28)20-7-9-21(29-2)10-8-20)23-5-3-4-6-24(23)27(19)14-13-26-15-17-30-18-16-26;/h3-12H,13-18H2,1-2H3;1H. The zero-order valence-corrected chi connectivity index (χ0v) is 18.9. The first-order chi connectivity index (χ1) is 14.7. The van der Waals surface area contributed by atoms with E-state index < -0.39 is 0 Å². The number of rotatable bonds is 7. The molecule has 2 aromatic carbocycles. The van der Waals surface area contributed by atoms with Crippen LogP contribution in [0.15, 0.2) is 54.6 Å². The molecule has 1 aliphatic heterocycles. The quantitative estimate of drug-likeness (QED) is 0.397. The summed E-state index contributed by atoms with van der Waals surface area (Å²) in [7, 11) is 1.62. The van der Waals surface area contributed by atoms with E-state index in [0.29, 0.717) is 5.56 Å². The highest BCUT2D eigenvalue weighted by Crippen LogP contribution is 2.27. The molecule has 1 aromatic heterocycles. The van der Waals surface area contributed by atoms with Crippen LogP contribution in [0.5, 0.6) is 5.75 Å². The largest absolute Gasteiger partial charge is 0.497 e. The van der Waals surface area contributed by atoms with Crippen molar-refractivity contribution in [3.05, 3.63) is 71.4 Å². The van der Waals surface area contributed by atoms with E-state index in [0.717, 1.165) is 50.7 Å². The van der Waals surface area contributed by atoms with Crippen LogP contribution >= 0.6 is 12.4 Å². The minimum Gasteiger partial charge on any atom is -0.497 e. The minimum atomic E-state index is -0.0119. The van der Waals surface area contributed by atoms with Crippen LogP contribution in [-0.4, -0.2) is 55.2 Å². The molecule has 0 unspecified atom stereocenters. The Bertz CT molecular complexity index is 1050. The van der Waals surface area contributed by atoms with E-state index in [2.05, 4.69) is 40.7 Å². The number of ether oxygens (including phenoxy) is 2. The van der Waals surface area contributed by atoms with Crippen molar-refractivity contribution in [2.45, 2.75) is 13.5 Å². The van der Waals surface area contributed by atoms with Gasteiger partial charge in [-0.2, -0.15) is 0 Å². The SMILES string of the molecule is COc1ccc(C(=O)C=Cc2c(C)n(CCN3CCOCC3)c3ccccc23)cc1.Cl. The minimum absolute atomic E-state index is 0. The van der Waals surface area contributed by atoms with Crippen LogP contribution in [-0.2, 0) is 11.3 Å². The smallest absolute Gasteiger partial charge is 0.185 e. The zero-order valence-electron chi connectivity index (χ0n) is 18.0. The Morgan fingerprint density at radius 2 is 1.77 bits per heavy atom. The van der Waals surface area contributed by atoms with Gasteiger partial charge in [0.25, 0.3) is 0 Å². The van der Waals surface area contributed by atoms with E-state index in [9.17, 15) is 4.79 Å². The van der Waals surface area contributed by atoms with Gasteiger partial charge in [-0.05, 0) is 49.4 Å². The molecule has 0 amide bonds. The van der Waals surface area contributed by atoms with Crippen LogP contribution in [0.4, 0.5) is 0 Å². The second kappa shape index (κ2) is 10.6. The highest BCUT2D eigenvalue weighted by molar-refractivity contribution is 6.08. The predicted molar refractivity (Wildman–Crippen MR) is 128 cm³/mol. The summed E-state index contributed by atoms with van der Waals surface area (Å²) in [6, 6.07) is 15.6. The van der Waals surface area contributed by atoms with Crippen molar-refractivity contribution >= 4 is 35.2 Å². The maximum absolute atomic E-state index is 12.7. The number of aromatic nitrogens is 1. The number of carbonyl (C=O) groups is 1. The van der Waals surface area contributed by atoms with Crippen LogP contribution in [0.3, 0.4) is 0 Å². The molecule has 0 saturated carbocycles. The summed E-state index contributed by atoms with van der Waals surface area (Å²) in [5.74, 6) is 0.733. The summed E-state index contributed by atoms with van der Waals surface area (Å²) >= 11 is 0. The van der Waals surface area contributed by atoms with E-state index in [1.54, 1.807) is 25.3 Å². The number of para-hydroxylation sites is 1. The molecule has 1 aliphatic rings. The van der Waals surface area contributed by atoms with E-state index in [1.165, 1.54) is 16.6 Å². The van der Waals surface area contributed by atoms with Crippen molar-refractivity contribution in [1.29, 1.82) is 0 Å². The number of nitrogens with zero attached hydrogens (tertiary/aromatic N) is 2. The number of benzene rings is 2. The average molecular weight is 441 g/mol. The van der Waals surface area contributed by atoms with Gasteiger partial charge < -0.3 is 14.0 Å². The molecule has 0 atom stereocenters. The maximum Gasteiger partial charge on any atom is 0.185 e. The van der Waals surface area contributed by atoms with Crippen LogP contribution < -0.4 is 4.74 Å². The first-order valence-corrected chi connectivity index (χ1v) is 10.4. The molecule has 0 radical (unpaired) electrons. The molecule has 1 saturated heterocycles. The Labute approximate surface area is 189 Å². The Morgan fingerprint density at radius 1 is 1.06 bits per heavy atom. The lowest BCUT2D eigenvalue weighted by Gasteiger charge is -2.27. The molecule has 0 aliphatic carbocycles. The van der Waals surface area contributed by atoms with Gasteiger partial charge in [-0.15, -0.1) is 12.4 Å². The Morgan fingerprint density at radius 3 is 2.48 bits per heavy atom.